The molecule has 0 aliphatic carbocycles. The first-order chi connectivity index (χ1) is 10.0. The third kappa shape index (κ3) is 3.28. The van der Waals surface area contributed by atoms with E-state index in [-0.39, 0.29) is 12.3 Å². The van der Waals surface area contributed by atoms with Crippen molar-refractivity contribution in [3.8, 4) is 0 Å². The minimum atomic E-state index is -0.971. The van der Waals surface area contributed by atoms with E-state index in [4.69, 9.17) is 9.52 Å². The van der Waals surface area contributed by atoms with Gasteiger partial charge in [-0.25, -0.2) is 4.98 Å². The molecular weight excluding hydrogens is 272 g/mol. The fourth-order valence-electron chi connectivity index (χ4n) is 1.91. The van der Waals surface area contributed by atoms with Gasteiger partial charge in [-0.15, -0.1) is 0 Å². The molecule has 1 N–H and O–H groups in total. The standard InChI is InChI=1S/C15H16N2O4/c1-10-5-3-7-16-13(10)17(9-11(2)15(19)20)14(18)12-6-4-8-21-12/h3-8,11H,9H2,1-2H3,(H,19,20). The molecule has 0 spiro atoms. The number of rotatable bonds is 5. The normalized spacial score (nSPS) is 11.9. The first-order valence-corrected chi connectivity index (χ1v) is 6.50. The monoisotopic (exact) mass is 288 g/mol. The van der Waals surface area contributed by atoms with Crippen LogP contribution in [-0.2, 0) is 4.79 Å². The maximum absolute atomic E-state index is 12.5. The number of carboxylic acids is 1. The Morgan fingerprint density at radius 2 is 2.14 bits per heavy atom. The zero-order chi connectivity index (χ0) is 15.4. The number of hydrogen-bond acceptors (Lipinski definition) is 4. The lowest BCUT2D eigenvalue weighted by molar-refractivity contribution is -0.140. The van der Waals surface area contributed by atoms with Crippen molar-refractivity contribution in [3.63, 3.8) is 0 Å². The fourth-order valence-corrected chi connectivity index (χ4v) is 1.91. The summed E-state index contributed by atoms with van der Waals surface area (Å²) in [6.45, 7) is 3.38. The number of aliphatic carboxylic acids is 1. The smallest absolute Gasteiger partial charge is 0.308 e. The van der Waals surface area contributed by atoms with Gasteiger partial charge in [0, 0.05) is 12.7 Å². The average molecular weight is 288 g/mol. The van der Waals surface area contributed by atoms with Gasteiger partial charge in [-0.05, 0) is 30.7 Å². The molecule has 2 heterocycles. The van der Waals surface area contributed by atoms with Crippen molar-refractivity contribution in [1.29, 1.82) is 0 Å². The molecule has 6 nitrogen and oxygen atoms in total. The molecule has 2 aromatic heterocycles. The lowest BCUT2D eigenvalue weighted by atomic mass is 10.1. The summed E-state index contributed by atoms with van der Waals surface area (Å²) in [4.78, 5) is 29.1. The predicted octanol–water partition coefficient (Wildman–Crippen LogP) is 2.35. The Labute approximate surface area is 122 Å². The van der Waals surface area contributed by atoms with E-state index >= 15 is 0 Å². The number of pyridine rings is 1. The maximum Gasteiger partial charge on any atom is 0.308 e. The van der Waals surface area contributed by atoms with E-state index in [1.807, 2.05) is 13.0 Å². The van der Waals surface area contributed by atoms with Gasteiger partial charge in [0.1, 0.15) is 5.82 Å². The molecule has 0 radical (unpaired) electrons. The van der Waals surface area contributed by atoms with Crippen LogP contribution in [0.5, 0.6) is 0 Å². The van der Waals surface area contributed by atoms with Crippen LogP contribution in [0, 0.1) is 12.8 Å². The van der Waals surface area contributed by atoms with Gasteiger partial charge < -0.3 is 9.52 Å². The third-order valence-corrected chi connectivity index (χ3v) is 3.09. The molecule has 1 atom stereocenters. The van der Waals surface area contributed by atoms with Crippen LogP contribution < -0.4 is 4.90 Å². The molecule has 0 saturated carbocycles. The van der Waals surface area contributed by atoms with Crippen LogP contribution in [0.3, 0.4) is 0 Å². The van der Waals surface area contributed by atoms with Crippen LogP contribution in [-0.4, -0.2) is 28.5 Å². The second kappa shape index (κ2) is 6.21. The number of aryl methyl sites for hydroxylation is 1. The van der Waals surface area contributed by atoms with Crippen molar-refractivity contribution in [3.05, 3.63) is 48.0 Å². The van der Waals surface area contributed by atoms with E-state index in [2.05, 4.69) is 4.98 Å². The molecule has 0 saturated heterocycles. The summed E-state index contributed by atoms with van der Waals surface area (Å²) in [7, 11) is 0. The number of hydrogen-bond donors (Lipinski definition) is 1. The summed E-state index contributed by atoms with van der Waals surface area (Å²) < 4.78 is 5.11. The highest BCUT2D eigenvalue weighted by Crippen LogP contribution is 2.20. The van der Waals surface area contributed by atoms with Crippen LogP contribution >= 0.6 is 0 Å². The number of anilines is 1. The number of carbonyl (C=O) groups is 2. The first kappa shape index (κ1) is 14.8. The van der Waals surface area contributed by atoms with Crippen LogP contribution in [0.4, 0.5) is 5.82 Å². The minimum Gasteiger partial charge on any atom is -0.481 e. The summed E-state index contributed by atoms with van der Waals surface area (Å²) in [5.41, 5.74) is 0.787. The van der Waals surface area contributed by atoms with Crippen molar-refractivity contribution in [1.82, 2.24) is 4.98 Å². The van der Waals surface area contributed by atoms with E-state index in [9.17, 15) is 9.59 Å². The lowest BCUT2D eigenvalue weighted by Crippen LogP contribution is -2.37. The van der Waals surface area contributed by atoms with Crippen molar-refractivity contribution >= 4 is 17.7 Å². The fraction of sp³-hybridized carbons (Fsp3) is 0.267. The molecule has 0 bridgehead atoms. The van der Waals surface area contributed by atoms with Gasteiger partial charge in [0.25, 0.3) is 5.91 Å². The van der Waals surface area contributed by atoms with E-state index in [0.717, 1.165) is 5.56 Å². The van der Waals surface area contributed by atoms with Crippen LogP contribution in [0.2, 0.25) is 0 Å². The molecule has 1 unspecified atom stereocenters. The summed E-state index contributed by atoms with van der Waals surface area (Å²) in [5.74, 6) is -1.51. The second-order valence-electron chi connectivity index (χ2n) is 4.78. The van der Waals surface area contributed by atoms with E-state index in [0.29, 0.717) is 5.82 Å². The van der Waals surface area contributed by atoms with Crippen molar-refractivity contribution in [2.75, 3.05) is 11.4 Å². The molecule has 1 amide bonds. The Balaban J connectivity index is 2.37. The van der Waals surface area contributed by atoms with Gasteiger partial charge in [0.2, 0.25) is 0 Å². The van der Waals surface area contributed by atoms with Crippen molar-refractivity contribution < 1.29 is 19.1 Å². The minimum absolute atomic E-state index is 0.0206. The molecule has 2 rings (SSSR count). The molecule has 2 aromatic rings. The lowest BCUT2D eigenvalue weighted by Gasteiger charge is -2.24. The van der Waals surface area contributed by atoms with E-state index < -0.39 is 17.8 Å². The SMILES string of the molecule is Cc1cccnc1N(CC(C)C(=O)O)C(=O)c1ccco1. The summed E-state index contributed by atoms with van der Waals surface area (Å²) in [6, 6.07) is 6.72. The number of amides is 1. The zero-order valence-electron chi connectivity index (χ0n) is 11.8. The Morgan fingerprint density at radius 1 is 1.38 bits per heavy atom. The zero-order valence-corrected chi connectivity index (χ0v) is 11.8. The number of carbonyl (C=O) groups excluding carboxylic acids is 1. The molecule has 21 heavy (non-hydrogen) atoms. The van der Waals surface area contributed by atoms with Gasteiger partial charge >= 0.3 is 5.97 Å². The molecule has 6 heteroatoms. The van der Waals surface area contributed by atoms with Gasteiger partial charge in [0.15, 0.2) is 5.76 Å². The van der Waals surface area contributed by atoms with Crippen LogP contribution in [0.1, 0.15) is 23.0 Å². The predicted molar refractivity (Wildman–Crippen MR) is 76.2 cm³/mol. The second-order valence-corrected chi connectivity index (χ2v) is 4.78. The highest BCUT2D eigenvalue weighted by Gasteiger charge is 2.26. The van der Waals surface area contributed by atoms with Crippen LogP contribution in [0.15, 0.2) is 41.1 Å². The van der Waals surface area contributed by atoms with Crippen molar-refractivity contribution in [2.45, 2.75) is 13.8 Å². The molecular formula is C15H16N2O4. The number of furan rings is 1. The maximum atomic E-state index is 12.5. The first-order valence-electron chi connectivity index (χ1n) is 6.50. The molecule has 0 aliphatic rings. The van der Waals surface area contributed by atoms with E-state index in [1.54, 1.807) is 31.3 Å². The van der Waals surface area contributed by atoms with Gasteiger partial charge in [-0.3, -0.25) is 14.5 Å². The van der Waals surface area contributed by atoms with Gasteiger partial charge in [0.05, 0.1) is 12.2 Å². The molecule has 110 valence electrons. The van der Waals surface area contributed by atoms with Crippen molar-refractivity contribution in [2.24, 2.45) is 5.92 Å². The summed E-state index contributed by atoms with van der Waals surface area (Å²) in [5, 5.41) is 9.08. The van der Waals surface area contributed by atoms with E-state index in [1.165, 1.54) is 11.2 Å². The third-order valence-electron chi connectivity index (χ3n) is 3.09. The summed E-state index contributed by atoms with van der Waals surface area (Å²) >= 11 is 0. The number of carboxylic acid groups (broad SMARTS) is 1. The van der Waals surface area contributed by atoms with Gasteiger partial charge in [-0.1, -0.05) is 13.0 Å². The largest absolute Gasteiger partial charge is 0.481 e. The molecule has 0 aliphatic heterocycles. The van der Waals surface area contributed by atoms with Gasteiger partial charge in [-0.2, -0.15) is 0 Å². The van der Waals surface area contributed by atoms with Crippen LogP contribution in [0.25, 0.3) is 0 Å². The topological polar surface area (TPSA) is 83.6 Å². The quantitative estimate of drug-likeness (QED) is 0.913. The highest BCUT2D eigenvalue weighted by molar-refractivity contribution is 6.04. The Morgan fingerprint density at radius 3 is 2.71 bits per heavy atom. The Bertz CT molecular complexity index is 637. The summed E-state index contributed by atoms with van der Waals surface area (Å²) in [6.07, 6.45) is 2.97. The number of nitrogens with zero attached hydrogens (tertiary/aromatic N) is 2. The molecule has 0 aromatic carbocycles. The Hall–Kier alpha value is -2.63. The number of aromatic nitrogens is 1. The average Bonchev–Trinajstić information content (AvgIpc) is 2.98. The molecule has 0 fully saturated rings. The Kier molecular flexibility index (Phi) is 4.37. The highest BCUT2D eigenvalue weighted by atomic mass is 16.4.